The molecule has 1 saturated carbocycles. The lowest BCUT2D eigenvalue weighted by Gasteiger charge is -2.34. The van der Waals surface area contributed by atoms with Gasteiger partial charge < -0.3 is 19.9 Å². The maximum Gasteiger partial charge on any atom is 0.409 e. The summed E-state index contributed by atoms with van der Waals surface area (Å²) >= 11 is 0. The number of likely N-dealkylation sites (tertiary alicyclic amines) is 2. The number of alkyl halides is 6. The number of H-pyrrole nitrogens is 1. The molecule has 3 amide bonds. The molecule has 6 atom stereocenters. The summed E-state index contributed by atoms with van der Waals surface area (Å²) < 4.78 is 112. The van der Waals surface area contributed by atoms with E-state index in [4.69, 9.17) is 4.74 Å². The van der Waals surface area contributed by atoms with Crippen molar-refractivity contribution in [1.82, 2.24) is 35.4 Å². The minimum Gasteiger partial charge on any atom is -0.453 e. The van der Waals surface area contributed by atoms with Crippen LogP contribution in [0.25, 0.3) is 11.0 Å². The van der Waals surface area contributed by atoms with Crippen LogP contribution in [0.4, 0.5) is 35.5 Å². The summed E-state index contributed by atoms with van der Waals surface area (Å²) in [5.74, 6) is -6.95. The molecule has 4 unspecified atom stereocenters. The number of amides is 3. The van der Waals surface area contributed by atoms with Crippen molar-refractivity contribution in [1.29, 1.82) is 0 Å². The van der Waals surface area contributed by atoms with Crippen LogP contribution in [0, 0.1) is 18.7 Å². The number of carbonyl (C=O) groups excluding carboxylic acids is 3. The van der Waals surface area contributed by atoms with Gasteiger partial charge in [-0.3, -0.25) is 14.5 Å². The minimum atomic E-state index is -3.02. The average molecular weight is 690 g/mol. The molecule has 4 heterocycles. The molecule has 12 nitrogen and oxygen atoms in total. The topological polar surface area (TPSA) is 147 Å². The van der Waals surface area contributed by atoms with E-state index in [1.165, 1.54) is 13.0 Å². The van der Waals surface area contributed by atoms with Crippen LogP contribution in [-0.2, 0) is 14.9 Å². The molecule has 6 rings (SSSR count). The minimum absolute atomic E-state index is 0.0322. The highest BCUT2D eigenvalue weighted by molar-refractivity contribution is 5.94. The molecule has 2 aliphatic heterocycles. The Kier molecular flexibility index (Phi) is 8.51. The Hall–Kier alpha value is -4.45. The van der Waals surface area contributed by atoms with E-state index in [-0.39, 0.29) is 47.0 Å². The van der Waals surface area contributed by atoms with Crippen LogP contribution in [0.2, 0.25) is 0 Å². The SMILES string of the molecule is COC(=O)N1CC[C@@](C(=O)N2C(F)C(F)C(F)C2F)(c2ccc3[nH]c([C@@H](NC(=O)c4nonc4C)C4CCC(F)(F)CC4)nc3c2F)C1. The van der Waals surface area contributed by atoms with Crippen molar-refractivity contribution in [2.45, 2.75) is 81.3 Å². The highest BCUT2D eigenvalue weighted by Gasteiger charge is 2.60. The largest absolute Gasteiger partial charge is 0.453 e. The van der Waals surface area contributed by atoms with Gasteiger partial charge in [0.1, 0.15) is 17.0 Å². The third-order valence-electron chi connectivity index (χ3n) is 9.52. The lowest BCUT2D eigenvalue weighted by Crippen LogP contribution is -2.53. The van der Waals surface area contributed by atoms with E-state index in [9.17, 15) is 40.7 Å². The molecule has 3 aliphatic rings. The summed E-state index contributed by atoms with van der Waals surface area (Å²) in [7, 11) is 1.04. The van der Waals surface area contributed by atoms with Gasteiger partial charge in [0, 0.05) is 31.5 Å². The van der Waals surface area contributed by atoms with Crippen LogP contribution >= 0.6 is 0 Å². The molecular weight excluding hydrogens is 659 g/mol. The molecule has 260 valence electrons. The van der Waals surface area contributed by atoms with Crippen molar-refractivity contribution in [2.75, 3.05) is 20.2 Å². The number of benzene rings is 1. The summed E-state index contributed by atoms with van der Waals surface area (Å²) in [6, 6.07) is 1.34. The normalized spacial score (nSPS) is 28.2. The number of aromatic nitrogens is 4. The zero-order chi connectivity index (χ0) is 34.7. The zero-order valence-corrected chi connectivity index (χ0v) is 25.5. The number of hydrogen-bond donors (Lipinski definition) is 2. The fourth-order valence-electron chi connectivity index (χ4n) is 6.85. The Balaban J connectivity index is 1.41. The highest BCUT2D eigenvalue weighted by Crippen LogP contribution is 2.45. The van der Waals surface area contributed by atoms with Crippen LogP contribution < -0.4 is 5.32 Å². The molecule has 2 N–H and O–H groups in total. The maximum atomic E-state index is 16.6. The van der Waals surface area contributed by atoms with Gasteiger partial charge in [0.25, 0.3) is 5.91 Å². The van der Waals surface area contributed by atoms with Gasteiger partial charge in [0.15, 0.2) is 23.9 Å². The monoisotopic (exact) mass is 689 g/mol. The van der Waals surface area contributed by atoms with Crippen LogP contribution in [-0.4, -0.2) is 99.0 Å². The van der Waals surface area contributed by atoms with Crippen LogP contribution in [0.15, 0.2) is 16.8 Å². The van der Waals surface area contributed by atoms with Crippen molar-refractivity contribution in [3.05, 3.63) is 40.7 Å². The summed E-state index contributed by atoms with van der Waals surface area (Å²) in [4.78, 5) is 47.3. The number of rotatable bonds is 6. The van der Waals surface area contributed by atoms with Crippen molar-refractivity contribution in [3.63, 3.8) is 0 Å². The van der Waals surface area contributed by atoms with E-state index < -0.39 is 109 Å². The number of halogens is 7. The number of methoxy groups -OCH3 is 1. The fourth-order valence-corrected chi connectivity index (χ4v) is 6.85. The van der Waals surface area contributed by atoms with Gasteiger partial charge in [-0.1, -0.05) is 11.2 Å². The number of nitrogens with one attached hydrogen (secondary N) is 2. The van der Waals surface area contributed by atoms with E-state index in [0.29, 0.717) is 0 Å². The van der Waals surface area contributed by atoms with Crippen molar-refractivity contribution >= 4 is 28.9 Å². The van der Waals surface area contributed by atoms with Crippen LogP contribution in [0.1, 0.15) is 65.7 Å². The average Bonchev–Trinajstić information content (AvgIpc) is 3.84. The molecule has 3 fully saturated rings. The van der Waals surface area contributed by atoms with E-state index in [0.717, 1.165) is 18.1 Å². The number of nitrogens with zero attached hydrogens (tertiary/aromatic N) is 5. The van der Waals surface area contributed by atoms with Gasteiger partial charge in [-0.2, -0.15) is 0 Å². The summed E-state index contributed by atoms with van der Waals surface area (Å²) in [5.41, 5.74) is -3.07. The van der Waals surface area contributed by atoms with Gasteiger partial charge in [-0.05, 0) is 43.3 Å². The van der Waals surface area contributed by atoms with E-state index >= 15 is 4.39 Å². The second kappa shape index (κ2) is 12.2. The molecule has 0 radical (unpaired) electrons. The summed E-state index contributed by atoms with van der Waals surface area (Å²) in [5, 5.41) is 9.82. The van der Waals surface area contributed by atoms with Crippen molar-refractivity contribution < 1.29 is 54.5 Å². The number of imidazole rings is 1. The quantitative estimate of drug-likeness (QED) is 0.284. The third-order valence-corrected chi connectivity index (χ3v) is 9.52. The first-order valence-electron chi connectivity index (χ1n) is 15.1. The van der Waals surface area contributed by atoms with Crippen LogP contribution in [0.5, 0.6) is 0 Å². The number of ether oxygens (including phenoxy) is 1. The molecule has 1 aromatic carbocycles. The van der Waals surface area contributed by atoms with Crippen molar-refractivity contribution in [2.24, 2.45) is 5.92 Å². The lowest BCUT2D eigenvalue weighted by molar-refractivity contribution is -0.148. The lowest BCUT2D eigenvalue weighted by atomic mass is 9.77. The molecule has 2 saturated heterocycles. The van der Waals surface area contributed by atoms with E-state index in [2.05, 4.69) is 30.2 Å². The van der Waals surface area contributed by atoms with Gasteiger partial charge in [0.05, 0.1) is 24.1 Å². The Bertz CT molecular complexity index is 1710. The van der Waals surface area contributed by atoms with Gasteiger partial charge in [-0.15, -0.1) is 0 Å². The molecule has 0 bridgehead atoms. The first-order valence-corrected chi connectivity index (χ1v) is 15.1. The number of carbonyl (C=O) groups is 3. The molecule has 2 aromatic heterocycles. The Morgan fingerprint density at radius 2 is 1.73 bits per heavy atom. The zero-order valence-electron chi connectivity index (χ0n) is 25.5. The number of aryl methyl sites for hydroxylation is 1. The maximum absolute atomic E-state index is 16.6. The molecular formula is C29H30F7N7O5. The predicted octanol–water partition coefficient (Wildman–Crippen LogP) is 4.51. The first-order chi connectivity index (χ1) is 22.7. The van der Waals surface area contributed by atoms with Crippen molar-refractivity contribution in [3.8, 4) is 0 Å². The first kappa shape index (κ1) is 33.5. The standard InChI is InChI=1S/C29H30F7N7O5/c1-12-19(41-48-40-12)25(44)39-20(13-5-7-29(35,36)8-6-13)24-37-15-4-3-14(16(30)21(15)38-24)28(9-10-42(11-28)27(46)47-2)26(45)43-22(33)17(31)18(32)23(43)34/h3-4,13,17-18,20,22-23H,5-11H2,1-2H3,(H,37,38)(H,39,44)/t17?,18?,20-,22?,23?,28-/m0/s1. The Morgan fingerprint density at radius 1 is 1.06 bits per heavy atom. The number of aromatic amines is 1. The van der Waals surface area contributed by atoms with Gasteiger partial charge in [0.2, 0.25) is 24.4 Å². The van der Waals surface area contributed by atoms with Gasteiger partial charge >= 0.3 is 6.09 Å². The second-order valence-electron chi connectivity index (χ2n) is 12.4. The van der Waals surface area contributed by atoms with Crippen LogP contribution in [0.3, 0.4) is 0 Å². The molecule has 19 heteroatoms. The number of fused-ring (bicyclic) bond motifs is 1. The third kappa shape index (κ3) is 5.49. The molecule has 0 spiro atoms. The highest BCUT2D eigenvalue weighted by atomic mass is 19.3. The Labute approximate surface area is 267 Å². The molecule has 1 aliphatic carbocycles. The number of hydrogen-bond acceptors (Lipinski definition) is 8. The van der Waals surface area contributed by atoms with Gasteiger partial charge in [-0.25, -0.2) is 45.1 Å². The Morgan fingerprint density at radius 3 is 2.33 bits per heavy atom. The predicted molar refractivity (Wildman–Crippen MR) is 149 cm³/mol. The molecule has 48 heavy (non-hydrogen) atoms. The second-order valence-corrected chi connectivity index (χ2v) is 12.4. The van der Waals surface area contributed by atoms with E-state index in [1.807, 2.05) is 0 Å². The summed E-state index contributed by atoms with van der Waals surface area (Å²) in [6.45, 7) is 0.571. The summed E-state index contributed by atoms with van der Waals surface area (Å²) in [6.07, 6.45) is -14.4. The fraction of sp³-hybridized carbons (Fsp3) is 0.586. The van der Waals surface area contributed by atoms with E-state index in [1.54, 1.807) is 0 Å². The smallest absolute Gasteiger partial charge is 0.409 e. The molecule has 3 aromatic rings.